The Morgan fingerprint density at radius 3 is 2.25 bits per heavy atom. The van der Waals surface area contributed by atoms with E-state index in [4.69, 9.17) is 0 Å². The Labute approximate surface area is 129 Å². The van der Waals surface area contributed by atoms with Gasteiger partial charge in [-0.05, 0) is 28.7 Å². The molecule has 0 spiro atoms. The van der Waals surface area contributed by atoms with E-state index in [9.17, 15) is 4.79 Å². The van der Waals surface area contributed by atoms with Gasteiger partial charge in [0.1, 0.15) is 0 Å². The number of carbonyl (C=O) groups is 1. The molecule has 0 amide bonds. The lowest BCUT2D eigenvalue weighted by molar-refractivity contribution is 0.0993. The molecule has 2 heteroatoms. The number of ketones is 1. The molecule has 0 aromatic heterocycles. The van der Waals surface area contributed by atoms with Crippen LogP contribution in [0.4, 0.5) is 0 Å². The lowest BCUT2D eigenvalue weighted by Gasteiger charge is -2.19. The minimum atomic E-state index is 0.117. The summed E-state index contributed by atoms with van der Waals surface area (Å²) in [5, 5.41) is 0. The standard InChI is InChI=1S/C18H19BrO/c1-18(2,3)15-9-7-14(8-10-15)17(20)12-13-5-4-6-16(19)11-13/h4-11H,12H2,1-3H3. The van der Waals surface area contributed by atoms with Gasteiger partial charge in [-0.2, -0.15) is 0 Å². The predicted molar refractivity (Wildman–Crippen MR) is 87.3 cm³/mol. The second-order valence-corrected chi connectivity index (χ2v) is 6.97. The largest absolute Gasteiger partial charge is 0.294 e. The third kappa shape index (κ3) is 3.80. The van der Waals surface area contributed by atoms with Crippen LogP contribution in [0.2, 0.25) is 0 Å². The number of rotatable bonds is 3. The summed E-state index contributed by atoms with van der Waals surface area (Å²) in [6.07, 6.45) is 0.439. The molecule has 0 bridgehead atoms. The summed E-state index contributed by atoms with van der Waals surface area (Å²) in [6, 6.07) is 15.8. The van der Waals surface area contributed by atoms with Crippen molar-refractivity contribution < 1.29 is 4.79 Å². The van der Waals surface area contributed by atoms with Crippen LogP contribution in [0.1, 0.15) is 42.3 Å². The maximum absolute atomic E-state index is 12.3. The lowest BCUT2D eigenvalue weighted by atomic mass is 9.86. The Bertz CT molecular complexity index is 606. The van der Waals surface area contributed by atoms with E-state index in [1.54, 1.807) is 0 Å². The van der Waals surface area contributed by atoms with E-state index in [0.717, 1.165) is 15.6 Å². The zero-order chi connectivity index (χ0) is 14.8. The Hall–Kier alpha value is -1.41. The van der Waals surface area contributed by atoms with Crippen molar-refractivity contribution in [2.75, 3.05) is 0 Å². The zero-order valence-electron chi connectivity index (χ0n) is 12.1. The van der Waals surface area contributed by atoms with Crippen LogP contribution in [0, 0.1) is 0 Å². The predicted octanol–water partition coefficient (Wildman–Crippen LogP) is 5.17. The monoisotopic (exact) mass is 330 g/mol. The van der Waals surface area contributed by atoms with Gasteiger partial charge >= 0.3 is 0 Å². The van der Waals surface area contributed by atoms with Crippen molar-refractivity contribution in [2.24, 2.45) is 0 Å². The smallest absolute Gasteiger partial charge is 0.167 e. The molecule has 0 saturated heterocycles. The van der Waals surface area contributed by atoms with Crippen LogP contribution in [0.15, 0.2) is 53.0 Å². The maximum Gasteiger partial charge on any atom is 0.167 e. The van der Waals surface area contributed by atoms with Crippen LogP contribution in [0.5, 0.6) is 0 Å². The summed E-state index contributed by atoms with van der Waals surface area (Å²) in [5.74, 6) is 0.156. The van der Waals surface area contributed by atoms with Gasteiger partial charge in [0, 0.05) is 16.5 Å². The average molecular weight is 331 g/mol. The zero-order valence-corrected chi connectivity index (χ0v) is 13.7. The van der Waals surface area contributed by atoms with Crippen LogP contribution in [-0.2, 0) is 11.8 Å². The van der Waals surface area contributed by atoms with Gasteiger partial charge in [0.15, 0.2) is 5.78 Å². The van der Waals surface area contributed by atoms with Crippen molar-refractivity contribution >= 4 is 21.7 Å². The van der Waals surface area contributed by atoms with Crippen LogP contribution in [-0.4, -0.2) is 5.78 Å². The first-order valence-electron chi connectivity index (χ1n) is 6.74. The van der Waals surface area contributed by atoms with Gasteiger partial charge in [-0.15, -0.1) is 0 Å². The number of carbonyl (C=O) groups excluding carboxylic acids is 1. The summed E-state index contributed by atoms with van der Waals surface area (Å²) in [5.41, 5.74) is 3.17. The van der Waals surface area contributed by atoms with E-state index in [1.807, 2.05) is 48.5 Å². The quantitative estimate of drug-likeness (QED) is 0.709. The highest BCUT2D eigenvalue weighted by Crippen LogP contribution is 2.22. The molecule has 0 aliphatic rings. The molecule has 0 aliphatic heterocycles. The van der Waals surface area contributed by atoms with Crippen molar-refractivity contribution in [2.45, 2.75) is 32.6 Å². The third-order valence-electron chi connectivity index (χ3n) is 3.33. The first-order chi connectivity index (χ1) is 9.36. The molecule has 0 radical (unpaired) electrons. The van der Waals surface area contributed by atoms with Crippen molar-refractivity contribution in [3.8, 4) is 0 Å². The highest BCUT2D eigenvalue weighted by Gasteiger charge is 2.14. The molecule has 0 heterocycles. The van der Waals surface area contributed by atoms with Crippen LogP contribution in [0.25, 0.3) is 0 Å². The highest BCUT2D eigenvalue weighted by molar-refractivity contribution is 9.10. The van der Waals surface area contributed by atoms with E-state index in [2.05, 4.69) is 36.7 Å². The minimum absolute atomic E-state index is 0.117. The Balaban J connectivity index is 2.14. The molecular formula is C18H19BrO. The molecule has 2 aromatic rings. The summed E-state index contributed by atoms with van der Waals surface area (Å²) in [6.45, 7) is 6.52. The van der Waals surface area contributed by atoms with E-state index in [-0.39, 0.29) is 11.2 Å². The topological polar surface area (TPSA) is 17.1 Å². The van der Waals surface area contributed by atoms with Gasteiger partial charge in [-0.3, -0.25) is 4.79 Å². The fraction of sp³-hybridized carbons (Fsp3) is 0.278. The molecule has 0 aliphatic carbocycles. The molecule has 2 rings (SSSR count). The molecule has 0 atom stereocenters. The van der Waals surface area contributed by atoms with Gasteiger partial charge in [0.05, 0.1) is 0 Å². The molecule has 0 saturated carbocycles. The average Bonchev–Trinajstić information content (AvgIpc) is 2.38. The highest BCUT2D eigenvalue weighted by atomic mass is 79.9. The number of halogens is 1. The molecule has 1 nitrogen and oxygen atoms in total. The number of benzene rings is 2. The van der Waals surface area contributed by atoms with Crippen LogP contribution < -0.4 is 0 Å². The Morgan fingerprint density at radius 2 is 1.70 bits per heavy atom. The van der Waals surface area contributed by atoms with Crippen molar-refractivity contribution in [3.05, 3.63) is 69.7 Å². The van der Waals surface area contributed by atoms with E-state index >= 15 is 0 Å². The summed E-state index contributed by atoms with van der Waals surface area (Å²) < 4.78 is 1.01. The van der Waals surface area contributed by atoms with Crippen LogP contribution in [0.3, 0.4) is 0 Å². The first kappa shape index (κ1) is 15.0. The fourth-order valence-electron chi connectivity index (χ4n) is 2.09. The minimum Gasteiger partial charge on any atom is -0.294 e. The Kier molecular flexibility index (Phi) is 4.44. The molecule has 2 aromatic carbocycles. The number of Topliss-reactive ketones (excluding diaryl/α,β-unsaturated/α-hetero) is 1. The molecule has 104 valence electrons. The number of hydrogen-bond donors (Lipinski definition) is 0. The van der Waals surface area contributed by atoms with Gasteiger partial charge < -0.3 is 0 Å². The number of hydrogen-bond acceptors (Lipinski definition) is 1. The van der Waals surface area contributed by atoms with Crippen molar-refractivity contribution in [3.63, 3.8) is 0 Å². The van der Waals surface area contributed by atoms with Gasteiger partial charge in [0.25, 0.3) is 0 Å². The van der Waals surface area contributed by atoms with Gasteiger partial charge in [-0.25, -0.2) is 0 Å². The maximum atomic E-state index is 12.3. The summed E-state index contributed by atoms with van der Waals surface area (Å²) >= 11 is 3.43. The molecule has 0 fully saturated rings. The molecule has 0 unspecified atom stereocenters. The van der Waals surface area contributed by atoms with Crippen LogP contribution >= 0.6 is 15.9 Å². The summed E-state index contributed by atoms with van der Waals surface area (Å²) in [7, 11) is 0. The fourth-order valence-corrected chi connectivity index (χ4v) is 2.54. The van der Waals surface area contributed by atoms with Crippen molar-refractivity contribution in [1.82, 2.24) is 0 Å². The lowest BCUT2D eigenvalue weighted by Crippen LogP contribution is -2.11. The SMILES string of the molecule is CC(C)(C)c1ccc(C(=O)Cc2cccc(Br)c2)cc1. The first-order valence-corrected chi connectivity index (χ1v) is 7.54. The molecule has 20 heavy (non-hydrogen) atoms. The second-order valence-electron chi connectivity index (χ2n) is 6.06. The van der Waals surface area contributed by atoms with Gasteiger partial charge in [0.2, 0.25) is 0 Å². The van der Waals surface area contributed by atoms with E-state index in [1.165, 1.54) is 5.56 Å². The van der Waals surface area contributed by atoms with Gasteiger partial charge in [-0.1, -0.05) is 73.1 Å². The van der Waals surface area contributed by atoms with E-state index in [0.29, 0.717) is 6.42 Å². The van der Waals surface area contributed by atoms with E-state index < -0.39 is 0 Å². The third-order valence-corrected chi connectivity index (χ3v) is 3.82. The normalized spacial score (nSPS) is 11.4. The Morgan fingerprint density at radius 1 is 1.05 bits per heavy atom. The van der Waals surface area contributed by atoms with Crippen molar-refractivity contribution in [1.29, 1.82) is 0 Å². The summed E-state index contributed by atoms with van der Waals surface area (Å²) in [4.78, 5) is 12.3. The molecule has 0 N–H and O–H groups in total. The molecular weight excluding hydrogens is 312 g/mol. The second kappa shape index (κ2) is 5.92.